The number of benzene rings is 1. The second-order valence-corrected chi connectivity index (χ2v) is 6.63. The van der Waals surface area contributed by atoms with E-state index in [4.69, 9.17) is 10.1 Å². The topological polar surface area (TPSA) is 77.9 Å². The van der Waals surface area contributed by atoms with Crippen molar-refractivity contribution in [3.63, 3.8) is 0 Å². The van der Waals surface area contributed by atoms with Crippen molar-refractivity contribution in [2.24, 2.45) is 0 Å². The zero-order valence-electron chi connectivity index (χ0n) is 15.9. The van der Waals surface area contributed by atoms with E-state index in [9.17, 15) is 0 Å². The van der Waals surface area contributed by atoms with Gasteiger partial charge in [0.1, 0.15) is 18.1 Å². The Morgan fingerprint density at radius 3 is 3.11 bits per heavy atom. The fraction of sp³-hybridized carbons (Fsp3) is 0.381. The molecule has 1 aliphatic heterocycles. The Balaban J connectivity index is 1.76. The van der Waals surface area contributed by atoms with E-state index in [-0.39, 0.29) is 0 Å². The van der Waals surface area contributed by atoms with Crippen LogP contribution in [0.5, 0.6) is 5.75 Å². The highest BCUT2D eigenvalue weighted by Gasteiger charge is 2.20. The van der Waals surface area contributed by atoms with Crippen molar-refractivity contribution in [1.82, 2.24) is 15.4 Å². The first kappa shape index (κ1) is 18.9. The SMILES string of the molecule is C=CCN1CCOc2ccc(-c3n[nH]nc3CC(=N)CCC/C=C/C)cc21. The van der Waals surface area contributed by atoms with Crippen molar-refractivity contribution in [2.45, 2.75) is 32.6 Å². The number of H-pyrrole nitrogens is 1. The number of unbranched alkanes of at least 4 members (excludes halogenated alkanes) is 1. The standard InChI is InChI=1S/C21H27N5O/c1-3-5-6-7-8-17(22)15-18-21(24-25-23-18)16-9-10-20-19(14-16)26(11-4-2)12-13-27-20/h3-5,9-10,14,22H,2,6-8,11-13,15H2,1H3,(H,23,24,25)/b5-3+,22-17?. The third-order valence-corrected chi connectivity index (χ3v) is 4.63. The second-order valence-electron chi connectivity index (χ2n) is 6.63. The number of aromatic nitrogens is 3. The number of anilines is 1. The molecular weight excluding hydrogens is 338 g/mol. The number of fused-ring (bicyclic) bond motifs is 1. The number of nitrogens with zero attached hydrogens (tertiary/aromatic N) is 3. The van der Waals surface area contributed by atoms with Gasteiger partial charge in [0.25, 0.3) is 0 Å². The molecule has 2 heterocycles. The highest BCUT2D eigenvalue weighted by atomic mass is 16.5. The van der Waals surface area contributed by atoms with Crippen LogP contribution in [-0.4, -0.2) is 40.8 Å². The normalized spacial score (nSPS) is 13.4. The van der Waals surface area contributed by atoms with Crippen molar-refractivity contribution in [3.8, 4) is 17.0 Å². The number of nitrogens with one attached hydrogen (secondary N) is 2. The molecule has 3 rings (SSSR count). The number of rotatable bonds is 9. The van der Waals surface area contributed by atoms with E-state index < -0.39 is 0 Å². The smallest absolute Gasteiger partial charge is 0.142 e. The Hall–Kier alpha value is -2.89. The van der Waals surface area contributed by atoms with E-state index in [0.717, 1.165) is 60.7 Å². The molecule has 1 aromatic heterocycles. The Morgan fingerprint density at radius 1 is 1.41 bits per heavy atom. The fourth-order valence-electron chi connectivity index (χ4n) is 3.26. The maximum atomic E-state index is 8.25. The lowest BCUT2D eigenvalue weighted by Crippen LogP contribution is -2.32. The third-order valence-electron chi connectivity index (χ3n) is 4.63. The number of hydrogen-bond donors (Lipinski definition) is 2. The molecule has 6 nitrogen and oxygen atoms in total. The van der Waals surface area contributed by atoms with Gasteiger partial charge < -0.3 is 15.0 Å². The number of ether oxygens (including phenoxy) is 1. The summed E-state index contributed by atoms with van der Waals surface area (Å²) in [5, 5.41) is 19.6. The molecule has 0 radical (unpaired) electrons. The Kier molecular flexibility index (Phi) is 6.41. The predicted octanol–water partition coefficient (Wildman–Crippen LogP) is 4.17. The molecule has 6 heteroatoms. The molecule has 0 saturated carbocycles. The predicted molar refractivity (Wildman–Crippen MR) is 110 cm³/mol. The lowest BCUT2D eigenvalue weighted by Gasteiger charge is -2.30. The van der Waals surface area contributed by atoms with Crippen LogP contribution < -0.4 is 9.64 Å². The molecule has 0 spiro atoms. The molecule has 0 saturated heterocycles. The molecule has 0 unspecified atom stereocenters. The van der Waals surface area contributed by atoms with E-state index in [1.165, 1.54) is 0 Å². The average molecular weight is 365 g/mol. The molecule has 142 valence electrons. The largest absolute Gasteiger partial charge is 0.490 e. The van der Waals surface area contributed by atoms with Gasteiger partial charge >= 0.3 is 0 Å². The van der Waals surface area contributed by atoms with Crippen LogP contribution in [0.3, 0.4) is 0 Å². The Morgan fingerprint density at radius 2 is 2.30 bits per heavy atom. The van der Waals surface area contributed by atoms with Gasteiger partial charge in [-0.15, -0.1) is 6.58 Å². The van der Waals surface area contributed by atoms with Gasteiger partial charge in [-0.05, 0) is 44.4 Å². The van der Waals surface area contributed by atoms with Gasteiger partial charge in [-0.1, -0.05) is 18.2 Å². The second kappa shape index (κ2) is 9.16. The maximum Gasteiger partial charge on any atom is 0.142 e. The molecule has 2 N–H and O–H groups in total. The van der Waals surface area contributed by atoms with Gasteiger partial charge in [0, 0.05) is 24.2 Å². The maximum absolute atomic E-state index is 8.25. The van der Waals surface area contributed by atoms with Crippen LogP contribution >= 0.6 is 0 Å². The van der Waals surface area contributed by atoms with Gasteiger partial charge in [0.2, 0.25) is 0 Å². The average Bonchev–Trinajstić information content (AvgIpc) is 3.13. The zero-order valence-corrected chi connectivity index (χ0v) is 15.9. The minimum Gasteiger partial charge on any atom is -0.490 e. The molecule has 0 fully saturated rings. The molecule has 0 atom stereocenters. The van der Waals surface area contributed by atoms with Crippen LogP contribution in [0.2, 0.25) is 0 Å². The number of hydrogen-bond acceptors (Lipinski definition) is 5. The molecule has 27 heavy (non-hydrogen) atoms. The molecule has 0 amide bonds. The van der Waals surface area contributed by atoms with E-state index >= 15 is 0 Å². The number of aromatic amines is 1. The lowest BCUT2D eigenvalue weighted by molar-refractivity contribution is 0.309. The fourth-order valence-corrected chi connectivity index (χ4v) is 3.26. The van der Waals surface area contributed by atoms with E-state index in [1.54, 1.807) is 0 Å². The first-order valence-corrected chi connectivity index (χ1v) is 9.43. The van der Waals surface area contributed by atoms with Crippen LogP contribution in [0.4, 0.5) is 5.69 Å². The quantitative estimate of drug-likeness (QED) is 0.397. The summed E-state index contributed by atoms with van der Waals surface area (Å²) in [5.74, 6) is 0.883. The highest BCUT2D eigenvalue weighted by molar-refractivity contribution is 5.85. The van der Waals surface area contributed by atoms with E-state index in [2.05, 4.69) is 45.1 Å². The van der Waals surface area contributed by atoms with Crippen molar-refractivity contribution < 1.29 is 4.74 Å². The molecule has 2 aromatic rings. The zero-order chi connectivity index (χ0) is 19.1. The summed E-state index contributed by atoms with van der Waals surface area (Å²) in [6.45, 7) is 8.16. The summed E-state index contributed by atoms with van der Waals surface area (Å²) < 4.78 is 5.77. The van der Waals surface area contributed by atoms with Gasteiger partial charge in [-0.25, -0.2) is 0 Å². The summed E-state index contributed by atoms with van der Waals surface area (Å²) >= 11 is 0. The van der Waals surface area contributed by atoms with E-state index in [0.29, 0.717) is 18.7 Å². The van der Waals surface area contributed by atoms with Crippen molar-refractivity contribution in [2.75, 3.05) is 24.6 Å². The Bertz CT molecular complexity index is 824. The Labute approximate surface area is 160 Å². The summed E-state index contributed by atoms with van der Waals surface area (Å²) in [6.07, 6.45) is 9.39. The van der Waals surface area contributed by atoms with Gasteiger partial charge in [-0.3, -0.25) is 0 Å². The van der Waals surface area contributed by atoms with Gasteiger partial charge in [-0.2, -0.15) is 15.4 Å². The summed E-state index contributed by atoms with van der Waals surface area (Å²) in [4.78, 5) is 2.25. The van der Waals surface area contributed by atoms with Crippen LogP contribution in [0, 0.1) is 5.41 Å². The highest BCUT2D eigenvalue weighted by Crippen LogP contribution is 2.35. The van der Waals surface area contributed by atoms with Gasteiger partial charge in [0.15, 0.2) is 0 Å². The monoisotopic (exact) mass is 365 g/mol. The summed E-state index contributed by atoms with van der Waals surface area (Å²) in [6, 6.07) is 6.09. The molecular formula is C21H27N5O. The first-order valence-electron chi connectivity index (χ1n) is 9.43. The third kappa shape index (κ3) is 4.64. The summed E-state index contributed by atoms with van der Waals surface area (Å²) in [5.41, 5.74) is 4.34. The van der Waals surface area contributed by atoms with Crippen LogP contribution in [0.1, 0.15) is 31.9 Å². The number of allylic oxidation sites excluding steroid dienone is 2. The van der Waals surface area contributed by atoms with Crippen LogP contribution in [0.15, 0.2) is 43.0 Å². The minimum absolute atomic E-state index is 0.519. The molecule has 0 aliphatic carbocycles. The van der Waals surface area contributed by atoms with E-state index in [1.807, 2.05) is 25.1 Å². The summed E-state index contributed by atoms with van der Waals surface area (Å²) in [7, 11) is 0. The first-order chi connectivity index (χ1) is 13.2. The van der Waals surface area contributed by atoms with Gasteiger partial charge in [0.05, 0.1) is 17.9 Å². The molecule has 1 aromatic carbocycles. The van der Waals surface area contributed by atoms with Crippen molar-refractivity contribution in [3.05, 3.63) is 48.7 Å². The molecule has 0 bridgehead atoms. The van der Waals surface area contributed by atoms with Crippen molar-refractivity contribution >= 4 is 11.4 Å². The minimum atomic E-state index is 0.519. The van der Waals surface area contributed by atoms with Crippen molar-refractivity contribution in [1.29, 1.82) is 5.41 Å². The van der Waals surface area contributed by atoms with Crippen LogP contribution in [-0.2, 0) is 6.42 Å². The molecule has 1 aliphatic rings. The van der Waals surface area contributed by atoms with Crippen LogP contribution in [0.25, 0.3) is 11.3 Å². The lowest BCUT2D eigenvalue weighted by atomic mass is 10.0.